The van der Waals surface area contributed by atoms with Gasteiger partial charge in [-0.25, -0.2) is 4.68 Å². The molecule has 0 radical (unpaired) electrons. The Bertz CT molecular complexity index is 792. The molecule has 0 saturated carbocycles. The molecule has 2 aliphatic rings. The number of rotatable bonds is 3. The second kappa shape index (κ2) is 5.67. The van der Waals surface area contributed by atoms with Gasteiger partial charge >= 0.3 is 0 Å². The quantitative estimate of drug-likeness (QED) is 0.555. The van der Waals surface area contributed by atoms with Crippen LogP contribution in [0.3, 0.4) is 0 Å². The highest BCUT2D eigenvalue weighted by Gasteiger charge is 2.61. The van der Waals surface area contributed by atoms with Crippen LogP contribution in [0.15, 0.2) is 24.3 Å². The first-order chi connectivity index (χ1) is 11.4. The second-order valence-corrected chi connectivity index (χ2v) is 9.62. The number of benzene rings is 1. The van der Waals surface area contributed by atoms with E-state index in [2.05, 4.69) is 76.2 Å². The molecule has 1 aromatic carbocycles. The Morgan fingerprint density at radius 2 is 2.04 bits per heavy atom. The van der Waals surface area contributed by atoms with Crippen LogP contribution in [-0.4, -0.2) is 47.2 Å². The Morgan fingerprint density at radius 1 is 1.33 bits per heavy atom. The number of fused-ring (bicyclic) bond motifs is 1. The maximum atomic E-state index is 12.3. The van der Waals surface area contributed by atoms with Gasteiger partial charge in [-0.1, -0.05) is 12.1 Å². The van der Waals surface area contributed by atoms with Crippen molar-refractivity contribution in [3.63, 3.8) is 0 Å². The highest BCUT2D eigenvalue weighted by atomic mass is 127. The Balaban J connectivity index is 1.66. The predicted molar refractivity (Wildman–Crippen MR) is 99.1 cm³/mol. The number of hydrogen-bond donors (Lipinski definition) is 1. The van der Waals surface area contributed by atoms with E-state index in [1.165, 1.54) is 3.57 Å². The molecular weight excluding hydrogens is 439 g/mol. The van der Waals surface area contributed by atoms with Crippen molar-refractivity contribution in [3.05, 3.63) is 39.2 Å². The average Bonchev–Trinajstić information content (AvgIpc) is 3.09. The molecule has 3 heterocycles. The van der Waals surface area contributed by atoms with Crippen LogP contribution in [0, 0.1) is 3.57 Å². The molecule has 126 valence electrons. The van der Waals surface area contributed by atoms with Crippen LogP contribution < -0.4 is 5.73 Å². The average molecular weight is 456 g/mol. The molecule has 1 amide bonds. The minimum atomic E-state index is -0.417. The summed E-state index contributed by atoms with van der Waals surface area (Å²) in [7, 11) is 0. The summed E-state index contributed by atoms with van der Waals surface area (Å²) in [6.07, 6.45) is 0. The molecule has 9 heteroatoms. The number of carbonyl (C=O) groups is 1. The number of halogens is 1. The van der Waals surface area contributed by atoms with E-state index in [0.29, 0.717) is 12.4 Å². The SMILES string of the molecule is CC1(C)SC2C(N)C(=O)N2C1c1nnnn1Cc1ccc(I)cc1. The molecule has 2 N–H and O–H groups in total. The highest BCUT2D eigenvalue weighted by Crippen LogP contribution is 2.56. The van der Waals surface area contributed by atoms with Crippen LogP contribution in [0.5, 0.6) is 0 Å². The van der Waals surface area contributed by atoms with E-state index in [4.69, 9.17) is 5.73 Å². The summed E-state index contributed by atoms with van der Waals surface area (Å²) < 4.78 is 2.78. The summed E-state index contributed by atoms with van der Waals surface area (Å²) in [5.41, 5.74) is 7.07. The lowest BCUT2D eigenvalue weighted by Gasteiger charge is -2.42. The third-order valence-electron chi connectivity index (χ3n) is 4.53. The number of aromatic nitrogens is 4. The van der Waals surface area contributed by atoms with Gasteiger partial charge in [-0.3, -0.25) is 4.79 Å². The van der Waals surface area contributed by atoms with E-state index in [0.717, 1.165) is 5.56 Å². The second-order valence-electron chi connectivity index (χ2n) is 6.61. The number of β-lactam (4-membered cyclic amide) rings is 1. The molecule has 2 aromatic rings. The molecule has 7 nitrogen and oxygen atoms in total. The van der Waals surface area contributed by atoms with E-state index in [9.17, 15) is 4.79 Å². The van der Waals surface area contributed by atoms with E-state index in [1.807, 2.05) is 4.90 Å². The first-order valence-corrected chi connectivity index (χ1v) is 9.60. The van der Waals surface area contributed by atoms with E-state index in [-0.39, 0.29) is 22.1 Å². The normalized spacial score (nSPS) is 27.9. The molecule has 4 rings (SSSR count). The van der Waals surface area contributed by atoms with Crippen molar-refractivity contribution < 1.29 is 4.79 Å². The number of nitrogens with zero attached hydrogens (tertiary/aromatic N) is 5. The maximum absolute atomic E-state index is 12.3. The van der Waals surface area contributed by atoms with Crippen molar-refractivity contribution in [3.8, 4) is 0 Å². The number of tetrazole rings is 1. The maximum Gasteiger partial charge on any atom is 0.244 e. The number of thioether (sulfide) groups is 1. The monoisotopic (exact) mass is 456 g/mol. The van der Waals surface area contributed by atoms with Crippen LogP contribution in [0.25, 0.3) is 0 Å². The first kappa shape index (κ1) is 16.3. The fraction of sp³-hybridized carbons (Fsp3) is 0.467. The van der Waals surface area contributed by atoms with Gasteiger partial charge in [-0.05, 0) is 64.6 Å². The molecule has 24 heavy (non-hydrogen) atoms. The van der Waals surface area contributed by atoms with Crippen molar-refractivity contribution in [2.24, 2.45) is 5.73 Å². The lowest BCUT2D eigenvalue weighted by atomic mass is 9.95. The van der Waals surface area contributed by atoms with Crippen LogP contribution in [0.4, 0.5) is 0 Å². The van der Waals surface area contributed by atoms with E-state index in [1.54, 1.807) is 16.4 Å². The summed E-state index contributed by atoms with van der Waals surface area (Å²) in [6, 6.07) is 7.66. The molecule has 0 aliphatic carbocycles. The lowest BCUT2D eigenvalue weighted by molar-refractivity contribution is -0.147. The molecule has 2 aliphatic heterocycles. The summed E-state index contributed by atoms with van der Waals surface area (Å²) in [4.78, 5) is 14.1. The first-order valence-electron chi connectivity index (χ1n) is 7.64. The standard InChI is InChI=1S/C15H17IN6OS/c1-15(2)11(22-13(23)10(17)14(22)24-15)12-18-19-20-21(12)7-8-3-5-9(16)6-4-8/h3-6,10-11,14H,7,17H2,1-2H3. The number of amides is 1. The van der Waals surface area contributed by atoms with Gasteiger partial charge in [0, 0.05) is 8.32 Å². The highest BCUT2D eigenvalue weighted by molar-refractivity contribution is 14.1. The third kappa shape index (κ3) is 2.44. The molecule has 3 atom stereocenters. The number of hydrogen-bond acceptors (Lipinski definition) is 6. The fourth-order valence-electron chi connectivity index (χ4n) is 3.34. The Labute approximate surface area is 157 Å². The Hall–Kier alpha value is -1.20. The van der Waals surface area contributed by atoms with Gasteiger partial charge < -0.3 is 10.6 Å². The topological polar surface area (TPSA) is 89.9 Å². The van der Waals surface area contributed by atoms with Gasteiger partial charge in [-0.15, -0.1) is 16.9 Å². The zero-order valence-electron chi connectivity index (χ0n) is 13.3. The van der Waals surface area contributed by atoms with Gasteiger partial charge in [0.15, 0.2) is 5.82 Å². The molecule has 2 saturated heterocycles. The molecule has 2 fully saturated rings. The van der Waals surface area contributed by atoms with Crippen LogP contribution in [0.2, 0.25) is 0 Å². The fourth-order valence-corrected chi connectivity index (χ4v) is 5.28. The van der Waals surface area contributed by atoms with Gasteiger partial charge in [0.2, 0.25) is 5.91 Å². The molecular formula is C15H17IN6OS. The van der Waals surface area contributed by atoms with Gasteiger partial charge in [-0.2, -0.15) is 0 Å². The van der Waals surface area contributed by atoms with E-state index < -0.39 is 6.04 Å². The summed E-state index contributed by atoms with van der Waals surface area (Å²) in [6.45, 7) is 4.81. The van der Waals surface area contributed by atoms with Gasteiger partial charge in [0.25, 0.3) is 0 Å². The molecule has 3 unspecified atom stereocenters. The Kier molecular flexibility index (Phi) is 3.84. The smallest absolute Gasteiger partial charge is 0.244 e. The predicted octanol–water partition coefficient (Wildman–Crippen LogP) is 1.39. The van der Waals surface area contributed by atoms with Crippen molar-refractivity contribution in [1.29, 1.82) is 0 Å². The van der Waals surface area contributed by atoms with Crippen LogP contribution in [0.1, 0.15) is 31.3 Å². The van der Waals surface area contributed by atoms with Gasteiger partial charge in [0.1, 0.15) is 17.5 Å². The minimum absolute atomic E-state index is 0.0148. The Morgan fingerprint density at radius 3 is 2.75 bits per heavy atom. The van der Waals surface area contributed by atoms with Crippen molar-refractivity contribution in [2.45, 2.75) is 42.6 Å². The lowest BCUT2D eigenvalue weighted by Crippen LogP contribution is -2.65. The molecule has 1 aromatic heterocycles. The number of nitrogens with two attached hydrogens (primary N) is 1. The van der Waals surface area contributed by atoms with Crippen molar-refractivity contribution in [1.82, 2.24) is 25.1 Å². The van der Waals surface area contributed by atoms with Crippen LogP contribution in [-0.2, 0) is 11.3 Å². The van der Waals surface area contributed by atoms with E-state index >= 15 is 0 Å². The zero-order chi connectivity index (χ0) is 17.1. The third-order valence-corrected chi connectivity index (χ3v) is 6.84. The number of carbonyl (C=O) groups excluding carboxylic acids is 1. The van der Waals surface area contributed by atoms with Gasteiger partial charge in [0.05, 0.1) is 6.54 Å². The van der Waals surface area contributed by atoms with Crippen molar-refractivity contribution >= 4 is 40.3 Å². The minimum Gasteiger partial charge on any atom is -0.317 e. The molecule has 0 bridgehead atoms. The summed E-state index contributed by atoms with van der Waals surface area (Å²) in [5.74, 6) is 0.695. The molecule has 0 spiro atoms. The van der Waals surface area contributed by atoms with Crippen LogP contribution >= 0.6 is 34.4 Å². The summed E-state index contributed by atoms with van der Waals surface area (Å²) >= 11 is 4.00. The largest absolute Gasteiger partial charge is 0.317 e. The van der Waals surface area contributed by atoms with Crippen molar-refractivity contribution in [2.75, 3.05) is 0 Å². The zero-order valence-corrected chi connectivity index (χ0v) is 16.2. The summed E-state index contributed by atoms with van der Waals surface area (Å²) in [5, 5.41) is 12.3.